The second kappa shape index (κ2) is 8.02. The Morgan fingerprint density at radius 2 is 1.86 bits per heavy atom. The van der Waals surface area contributed by atoms with Gasteiger partial charge in [0.25, 0.3) is 5.91 Å². The van der Waals surface area contributed by atoms with E-state index < -0.39 is 0 Å². The van der Waals surface area contributed by atoms with Gasteiger partial charge in [-0.25, -0.2) is 4.98 Å². The Labute approximate surface area is 167 Å². The van der Waals surface area contributed by atoms with Crippen LogP contribution in [-0.4, -0.2) is 23.5 Å². The average Bonchev–Trinajstić information content (AvgIpc) is 3.20. The zero-order chi connectivity index (χ0) is 20.2. The van der Waals surface area contributed by atoms with Gasteiger partial charge in [-0.2, -0.15) is 0 Å². The minimum atomic E-state index is -0.291. The topological polar surface area (TPSA) is 89.6 Å². The van der Waals surface area contributed by atoms with Gasteiger partial charge in [-0.05, 0) is 48.9 Å². The van der Waals surface area contributed by atoms with E-state index in [1.165, 1.54) is 13.1 Å². The number of nitrogens with zero attached hydrogens (tertiary/aromatic N) is 1. The molecule has 29 heavy (non-hydrogen) atoms. The predicted octanol–water partition coefficient (Wildman–Crippen LogP) is 3.88. The summed E-state index contributed by atoms with van der Waals surface area (Å²) in [6.07, 6.45) is 1.51. The summed E-state index contributed by atoms with van der Waals surface area (Å²) in [7, 11) is 0. The smallest absolute Gasteiger partial charge is 0.257 e. The van der Waals surface area contributed by atoms with Crippen molar-refractivity contribution in [2.24, 2.45) is 0 Å². The number of ether oxygens (including phenoxy) is 2. The van der Waals surface area contributed by atoms with Gasteiger partial charge in [0.05, 0.1) is 5.56 Å². The molecule has 1 amide bonds. The maximum absolute atomic E-state index is 12.4. The Bertz CT molecular complexity index is 1060. The number of Topliss-reactive ketones (excluding diaryl/α,β-unsaturated/α-hetero) is 1. The standard InChI is InChI=1S/C22H19N3O4/c1-14(26)16-3-2-4-18(10-16)25-22(27)17-6-8-21(24-12-17)23-11-15-5-7-19-20(9-15)29-13-28-19/h2-10,12H,11,13H2,1H3,(H,23,24)(H,25,27). The molecule has 4 rings (SSSR count). The van der Waals surface area contributed by atoms with E-state index in [0.29, 0.717) is 29.2 Å². The Kier molecular flexibility index (Phi) is 5.11. The quantitative estimate of drug-likeness (QED) is 0.622. The van der Waals surface area contributed by atoms with E-state index in [1.807, 2.05) is 18.2 Å². The van der Waals surface area contributed by atoms with Gasteiger partial charge in [-0.3, -0.25) is 9.59 Å². The van der Waals surface area contributed by atoms with Crippen LogP contribution in [0.5, 0.6) is 11.5 Å². The number of anilines is 2. The first-order valence-corrected chi connectivity index (χ1v) is 9.09. The van der Waals surface area contributed by atoms with Gasteiger partial charge in [-0.1, -0.05) is 18.2 Å². The van der Waals surface area contributed by atoms with Crippen molar-refractivity contribution >= 4 is 23.2 Å². The number of rotatable bonds is 6. The highest BCUT2D eigenvalue weighted by Gasteiger charge is 2.13. The molecule has 0 saturated heterocycles. The van der Waals surface area contributed by atoms with Crippen LogP contribution in [0.4, 0.5) is 11.5 Å². The van der Waals surface area contributed by atoms with E-state index in [1.54, 1.807) is 36.4 Å². The number of pyridine rings is 1. The molecule has 1 aliphatic heterocycles. The largest absolute Gasteiger partial charge is 0.454 e. The van der Waals surface area contributed by atoms with E-state index >= 15 is 0 Å². The molecule has 2 heterocycles. The maximum Gasteiger partial charge on any atom is 0.257 e. The van der Waals surface area contributed by atoms with Crippen LogP contribution in [0.25, 0.3) is 0 Å². The Morgan fingerprint density at radius 1 is 1.00 bits per heavy atom. The molecule has 3 aromatic rings. The normalized spacial score (nSPS) is 11.8. The summed E-state index contributed by atoms with van der Waals surface area (Å²) < 4.78 is 10.7. The summed E-state index contributed by atoms with van der Waals surface area (Å²) >= 11 is 0. The molecule has 0 radical (unpaired) electrons. The molecule has 7 heteroatoms. The number of amides is 1. The summed E-state index contributed by atoms with van der Waals surface area (Å²) in [5.41, 5.74) is 2.56. The molecule has 7 nitrogen and oxygen atoms in total. The van der Waals surface area contributed by atoms with E-state index in [0.717, 1.165) is 17.1 Å². The lowest BCUT2D eigenvalue weighted by atomic mass is 10.1. The lowest BCUT2D eigenvalue weighted by Crippen LogP contribution is -2.13. The third-order valence-corrected chi connectivity index (χ3v) is 4.46. The summed E-state index contributed by atoms with van der Waals surface area (Å²) in [5.74, 6) is 1.79. The van der Waals surface area contributed by atoms with Crippen molar-refractivity contribution in [2.75, 3.05) is 17.4 Å². The lowest BCUT2D eigenvalue weighted by molar-refractivity contribution is 0.101. The molecule has 0 bridgehead atoms. The van der Waals surface area contributed by atoms with Gasteiger partial charge < -0.3 is 20.1 Å². The lowest BCUT2D eigenvalue weighted by Gasteiger charge is -2.09. The molecule has 1 aliphatic rings. The zero-order valence-electron chi connectivity index (χ0n) is 15.8. The van der Waals surface area contributed by atoms with Crippen LogP contribution in [0.3, 0.4) is 0 Å². The molecule has 0 saturated carbocycles. The first-order chi connectivity index (χ1) is 14.1. The summed E-state index contributed by atoms with van der Waals surface area (Å²) in [4.78, 5) is 28.2. The Hall–Kier alpha value is -3.87. The van der Waals surface area contributed by atoms with Crippen molar-refractivity contribution in [3.8, 4) is 11.5 Å². The minimum absolute atomic E-state index is 0.0550. The van der Waals surface area contributed by atoms with Crippen LogP contribution in [0, 0.1) is 0 Å². The van der Waals surface area contributed by atoms with Crippen LogP contribution < -0.4 is 20.1 Å². The fraction of sp³-hybridized carbons (Fsp3) is 0.136. The second-order valence-corrected chi connectivity index (χ2v) is 6.56. The van der Waals surface area contributed by atoms with Crippen molar-refractivity contribution in [1.82, 2.24) is 4.98 Å². The summed E-state index contributed by atoms with van der Waals surface area (Å²) in [6.45, 7) is 2.30. The highest BCUT2D eigenvalue weighted by atomic mass is 16.7. The number of aromatic nitrogens is 1. The molecule has 1 aromatic heterocycles. The zero-order valence-corrected chi connectivity index (χ0v) is 15.8. The van der Waals surface area contributed by atoms with E-state index in [4.69, 9.17) is 9.47 Å². The molecular formula is C22H19N3O4. The van der Waals surface area contributed by atoms with Crippen molar-refractivity contribution in [3.63, 3.8) is 0 Å². The van der Waals surface area contributed by atoms with Gasteiger partial charge >= 0.3 is 0 Å². The minimum Gasteiger partial charge on any atom is -0.454 e. The van der Waals surface area contributed by atoms with Gasteiger partial charge in [0, 0.05) is 24.0 Å². The van der Waals surface area contributed by atoms with Gasteiger partial charge in [0.15, 0.2) is 17.3 Å². The third-order valence-electron chi connectivity index (χ3n) is 4.46. The molecule has 2 N–H and O–H groups in total. The molecule has 146 valence electrons. The summed E-state index contributed by atoms with van der Waals surface area (Å²) in [6, 6.07) is 16.0. The van der Waals surface area contributed by atoms with Gasteiger partial charge in [-0.15, -0.1) is 0 Å². The van der Waals surface area contributed by atoms with Crippen molar-refractivity contribution in [2.45, 2.75) is 13.5 Å². The number of nitrogens with one attached hydrogen (secondary N) is 2. The van der Waals surface area contributed by atoms with Crippen LogP contribution in [0.1, 0.15) is 33.2 Å². The predicted molar refractivity (Wildman–Crippen MR) is 109 cm³/mol. The van der Waals surface area contributed by atoms with E-state index in [-0.39, 0.29) is 18.5 Å². The number of fused-ring (bicyclic) bond motifs is 1. The summed E-state index contributed by atoms with van der Waals surface area (Å²) in [5, 5.41) is 5.99. The molecule has 0 spiro atoms. The van der Waals surface area contributed by atoms with Crippen LogP contribution in [-0.2, 0) is 6.54 Å². The Balaban J connectivity index is 1.36. The first-order valence-electron chi connectivity index (χ1n) is 9.09. The number of benzene rings is 2. The first kappa shape index (κ1) is 18.5. The van der Waals surface area contributed by atoms with Gasteiger partial charge in [0.1, 0.15) is 5.82 Å². The van der Waals surface area contributed by atoms with E-state index in [2.05, 4.69) is 15.6 Å². The molecule has 0 aliphatic carbocycles. The molecule has 0 atom stereocenters. The molecule has 2 aromatic carbocycles. The number of carbonyl (C=O) groups excluding carboxylic acids is 2. The van der Waals surface area contributed by atoms with Gasteiger partial charge in [0.2, 0.25) is 6.79 Å². The third kappa shape index (κ3) is 4.35. The molecule has 0 unspecified atom stereocenters. The molecular weight excluding hydrogens is 370 g/mol. The SMILES string of the molecule is CC(=O)c1cccc(NC(=O)c2ccc(NCc3ccc4c(c3)OCO4)nc2)c1. The average molecular weight is 389 g/mol. The fourth-order valence-corrected chi connectivity index (χ4v) is 2.90. The molecule has 0 fully saturated rings. The van der Waals surface area contributed by atoms with Crippen molar-refractivity contribution in [3.05, 3.63) is 77.5 Å². The van der Waals surface area contributed by atoms with Crippen molar-refractivity contribution in [1.29, 1.82) is 0 Å². The number of hydrogen-bond donors (Lipinski definition) is 2. The highest BCUT2D eigenvalue weighted by molar-refractivity contribution is 6.05. The van der Waals surface area contributed by atoms with E-state index in [9.17, 15) is 9.59 Å². The monoisotopic (exact) mass is 389 g/mol. The van der Waals surface area contributed by atoms with Crippen molar-refractivity contribution < 1.29 is 19.1 Å². The van der Waals surface area contributed by atoms with Crippen LogP contribution in [0.2, 0.25) is 0 Å². The number of hydrogen-bond acceptors (Lipinski definition) is 6. The number of ketones is 1. The Morgan fingerprint density at radius 3 is 2.66 bits per heavy atom. The maximum atomic E-state index is 12.4. The van der Waals surface area contributed by atoms with Crippen LogP contribution in [0.15, 0.2) is 60.8 Å². The number of carbonyl (C=O) groups is 2. The van der Waals surface area contributed by atoms with Crippen LogP contribution >= 0.6 is 0 Å². The fourth-order valence-electron chi connectivity index (χ4n) is 2.90. The second-order valence-electron chi connectivity index (χ2n) is 6.56. The highest BCUT2D eigenvalue weighted by Crippen LogP contribution is 2.32.